The molecule has 0 saturated heterocycles. The van der Waals surface area contributed by atoms with Gasteiger partial charge in [0.1, 0.15) is 11.3 Å². The zero-order valence-corrected chi connectivity index (χ0v) is 32.3. The topological polar surface area (TPSA) is 55.3 Å². The maximum absolute atomic E-state index is 11.3. The first-order valence-electron chi connectivity index (χ1n) is 18.0. The Morgan fingerprint density at radius 2 is 1.33 bits per heavy atom. The summed E-state index contributed by atoms with van der Waals surface area (Å²) in [6, 6.07) is 53.9. The number of aromatic nitrogens is 4. The van der Waals surface area contributed by atoms with Gasteiger partial charge in [-0.2, -0.15) is 0 Å². The Bertz CT molecular complexity index is 2990. The molecule has 4 aromatic heterocycles. The molecule has 0 bridgehead atoms. The number of aromatic hydroxyl groups is 1. The van der Waals surface area contributed by atoms with E-state index in [-0.39, 0.29) is 32.2 Å². The first-order valence-corrected chi connectivity index (χ1v) is 18.0. The first kappa shape index (κ1) is 33.8. The van der Waals surface area contributed by atoms with E-state index >= 15 is 0 Å². The molecule has 1 N–H and O–H groups in total. The fraction of sp³-hybridized carbons (Fsp3) is 0.0833. The second kappa shape index (κ2) is 12.8. The van der Waals surface area contributed by atoms with Gasteiger partial charge in [-0.25, -0.2) is 4.98 Å². The number of rotatable bonds is 5. The molecule has 0 aliphatic carbocycles. The quantitative estimate of drug-likeness (QED) is 0.175. The fourth-order valence-electron chi connectivity index (χ4n) is 7.86. The van der Waals surface area contributed by atoms with Crippen LogP contribution in [0.15, 0.2) is 152 Å². The van der Waals surface area contributed by atoms with Crippen LogP contribution in [-0.2, 0) is 26.5 Å². The normalized spacial score (nSPS) is 11.9. The van der Waals surface area contributed by atoms with Gasteiger partial charge in [0.2, 0.25) is 0 Å². The molecular weight excluding hydrogens is 844 g/mol. The number of benzene rings is 6. The van der Waals surface area contributed by atoms with Crippen molar-refractivity contribution in [3.05, 3.63) is 163 Å². The summed E-state index contributed by atoms with van der Waals surface area (Å²) in [5.74, 6) is 0.852. The average Bonchev–Trinajstić information content (AvgIpc) is 3.84. The standard InChI is InChI=1S/C48H35N4O.Pt/c1-48(2,3)34-22-24-41(39(29-34)31-15-8-5-9-16-31)51-45-38-19-12-18-36-35-23-21-33(40-27-32(25-26-49-40)30-13-6-4-7-14-30)28-42(35)52(44(36)38)47(45)50-46(51)37-17-10-11-20-43(37)53;/h4-27,29,53H,1-3H3;/q-1;. The molecule has 264 valence electrons. The molecule has 5 nitrogen and oxygen atoms in total. The zero-order chi connectivity index (χ0) is 35.8. The number of phenols is 1. The van der Waals surface area contributed by atoms with E-state index in [0.29, 0.717) is 11.4 Å². The fourth-order valence-corrected chi connectivity index (χ4v) is 7.86. The van der Waals surface area contributed by atoms with Crippen molar-refractivity contribution in [2.24, 2.45) is 0 Å². The summed E-state index contributed by atoms with van der Waals surface area (Å²) in [6.45, 7) is 6.74. The molecular formula is C48H35N4OPt-. The van der Waals surface area contributed by atoms with E-state index in [1.807, 2.05) is 36.5 Å². The number of hydrogen-bond donors (Lipinski definition) is 1. The summed E-state index contributed by atoms with van der Waals surface area (Å²) < 4.78 is 4.51. The van der Waals surface area contributed by atoms with E-state index in [2.05, 4.69) is 145 Å². The van der Waals surface area contributed by atoms with Gasteiger partial charge < -0.3 is 14.5 Å². The van der Waals surface area contributed by atoms with Crippen molar-refractivity contribution in [3.63, 3.8) is 0 Å². The third-order valence-corrected chi connectivity index (χ3v) is 10.5. The molecule has 4 heterocycles. The van der Waals surface area contributed by atoms with E-state index in [0.717, 1.165) is 77.6 Å². The van der Waals surface area contributed by atoms with Crippen molar-refractivity contribution in [1.82, 2.24) is 18.9 Å². The number of hydrogen-bond acceptors (Lipinski definition) is 3. The summed E-state index contributed by atoms with van der Waals surface area (Å²) in [7, 11) is 0. The second-order valence-corrected chi connectivity index (χ2v) is 14.8. The van der Waals surface area contributed by atoms with Gasteiger partial charge in [-0.15, -0.1) is 23.8 Å². The van der Waals surface area contributed by atoms with E-state index in [1.165, 1.54) is 5.56 Å². The molecule has 54 heavy (non-hydrogen) atoms. The maximum Gasteiger partial charge on any atom is 0.163 e. The van der Waals surface area contributed by atoms with Crippen molar-refractivity contribution in [2.75, 3.05) is 0 Å². The van der Waals surface area contributed by atoms with Gasteiger partial charge in [-0.3, -0.25) is 4.57 Å². The Balaban J connectivity index is 0.00000384. The van der Waals surface area contributed by atoms with Gasteiger partial charge in [-0.1, -0.05) is 129 Å². The molecule has 0 spiro atoms. The average molecular weight is 879 g/mol. The Labute approximate surface area is 327 Å². The van der Waals surface area contributed by atoms with Gasteiger partial charge >= 0.3 is 0 Å². The van der Waals surface area contributed by atoms with Crippen molar-refractivity contribution in [1.29, 1.82) is 0 Å². The third kappa shape index (κ3) is 5.26. The van der Waals surface area contributed by atoms with Crippen LogP contribution < -0.4 is 0 Å². The molecule has 0 atom stereocenters. The summed E-state index contributed by atoms with van der Waals surface area (Å²) in [5.41, 5.74) is 12.9. The van der Waals surface area contributed by atoms with Crippen LogP contribution in [0.1, 0.15) is 26.3 Å². The van der Waals surface area contributed by atoms with Gasteiger partial charge in [-0.05, 0) is 74.6 Å². The van der Waals surface area contributed by atoms with Crippen LogP contribution in [-0.4, -0.2) is 24.0 Å². The Hall–Kier alpha value is -6.03. The molecule has 6 heteroatoms. The molecule has 0 aliphatic rings. The van der Waals surface area contributed by atoms with E-state index in [1.54, 1.807) is 6.07 Å². The number of para-hydroxylation sites is 2. The Morgan fingerprint density at radius 3 is 2.09 bits per heavy atom. The molecule has 0 aliphatic heterocycles. The van der Waals surface area contributed by atoms with Crippen molar-refractivity contribution in [2.45, 2.75) is 26.2 Å². The number of phenolic OH excluding ortho intramolecular Hbond substituents is 1. The second-order valence-electron chi connectivity index (χ2n) is 14.8. The van der Waals surface area contributed by atoms with Crippen molar-refractivity contribution < 1.29 is 26.2 Å². The van der Waals surface area contributed by atoms with E-state index < -0.39 is 0 Å². The van der Waals surface area contributed by atoms with Gasteiger partial charge in [0.05, 0.1) is 16.8 Å². The number of fused-ring (bicyclic) bond motifs is 6. The van der Waals surface area contributed by atoms with Gasteiger partial charge in [0.15, 0.2) is 11.5 Å². The van der Waals surface area contributed by atoms with Crippen LogP contribution in [0, 0.1) is 6.07 Å². The van der Waals surface area contributed by atoms with Crippen LogP contribution in [0.3, 0.4) is 0 Å². The summed E-state index contributed by atoms with van der Waals surface area (Å²) >= 11 is 0. The third-order valence-electron chi connectivity index (χ3n) is 10.5. The van der Waals surface area contributed by atoms with Crippen molar-refractivity contribution in [3.8, 4) is 56.3 Å². The molecule has 0 saturated carbocycles. The molecule has 10 rings (SSSR count). The summed E-state index contributed by atoms with van der Waals surface area (Å²) in [5, 5.41) is 14.7. The van der Waals surface area contributed by atoms with Crippen molar-refractivity contribution >= 4 is 38.4 Å². The van der Waals surface area contributed by atoms with Crippen LogP contribution in [0.25, 0.3) is 88.9 Å². The van der Waals surface area contributed by atoms with Gasteiger partial charge in [0.25, 0.3) is 0 Å². The Kier molecular flexibility index (Phi) is 8.02. The Morgan fingerprint density at radius 1 is 0.611 bits per heavy atom. The molecule has 0 unspecified atom stereocenters. The maximum atomic E-state index is 11.3. The summed E-state index contributed by atoms with van der Waals surface area (Å²) in [6.07, 6.45) is 1.87. The van der Waals surface area contributed by atoms with Crippen LogP contribution in [0.5, 0.6) is 5.75 Å². The van der Waals surface area contributed by atoms with Crippen LogP contribution in [0.4, 0.5) is 0 Å². The predicted molar refractivity (Wildman–Crippen MR) is 217 cm³/mol. The van der Waals surface area contributed by atoms with Gasteiger partial charge in [0, 0.05) is 38.2 Å². The molecule has 10 aromatic rings. The number of pyridine rings is 1. The van der Waals surface area contributed by atoms with E-state index in [9.17, 15) is 5.11 Å². The smallest absolute Gasteiger partial charge is 0.163 e. The monoisotopic (exact) mass is 878 g/mol. The molecule has 6 aromatic carbocycles. The molecule has 0 amide bonds. The molecule has 0 fully saturated rings. The zero-order valence-electron chi connectivity index (χ0n) is 30.0. The number of nitrogens with zero attached hydrogens (tertiary/aromatic N) is 4. The van der Waals surface area contributed by atoms with Crippen LogP contribution >= 0.6 is 0 Å². The minimum Gasteiger partial charge on any atom is -0.507 e. The first-order chi connectivity index (χ1) is 25.8. The minimum atomic E-state index is -0.0503. The number of imidazole rings is 1. The van der Waals surface area contributed by atoms with E-state index in [4.69, 9.17) is 9.97 Å². The SMILES string of the molecule is CC(C)(C)c1ccc(-n2c(-c3ccccc3O)nc3c2c2cccc4c5ccc(-c6cc(-c7ccccc7)ccn6)[c-]c5n3c42)c(-c2ccccc2)c1.[Pt]. The summed E-state index contributed by atoms with van der Waals surface area (Å²) in [4.78, 5) is 10.2. The minimum absolute atomic E-state index is 0. The largest absolute Gasteiger partial charge is 0.507 e. The predicted octanol–water partition coefficient (Wildman–Crippen LogP) is 11.9. The van der Waals surface area contributed by atoms with Crippen LogP contribution in [0.2, 0.25) is 0 Å². The molecule has 0 radical (unpaired) electrons.